The van der Waals surface area contributed by atoms with Gasteiger partial charge in [-0.1, -0.05) is 72.8 Å². The number of aromatic nitrogens is 1. The number of nitrogens with two attached hydrogens (primary N) is 1. The topological polar surface area (TPSA) is 88.0 Å². The van der Waals surface area contributed by atoms with Crippen LogP contribution in [0.4, 0.5) is 5.69 Å². The highest BCUT2D eigenvalue weighted by Gasteiger charge is 2.27. The molecule has 3 aromatic carbocycles. The summed E-state index contributed by atoms with van der Waals surface area (Å²) in [5.41, 5.74) is 11.7. The van der Waals surface area contributed by atoms with E-state index in [1.54, 1.807) is 6.07 Å². The van der Waals surface area contributed by atoms with E-state index in [0.29, 0.717) is 5.69 Å². The number of carbonyl (C=O) groups is 1. The fourth-order valence-electron chi connectivity index (χ4n) is 3.93. The number of anilines is 1. The van der Waals surface area contributed by atoms with Gasteiger partial charge in [0.2, 0.25) is 11.5 Å². The van der Waals surface area contributed by atoms with Crippen molar-refractivity contribution in [2.45, 2.75) is 18.9 Å². The summed E-state index contributed by atoms with van der Waals surface area (Å²) in [5.74, 6) is -0.517. The van der Waals surface area contributed by atoms with Crippen LogP contribution in [0.5, 0.6) is 0 Å². The Morgan fingerprint density at radius 1 is 0.818 bits per heavy atom. The molecule has 1 heterocycles. The second kappa shape index (κ2) is 10.8. The van der Waals surface area contributed by atoms with Crippen LogP contribution in [0, 0.1) is 6.92 Å². The van der Waals surface area contributed by atoms with E-state index in [1.165, 1.54) is 6.07 Å². The molecule has 0 aliphatic heterocycles. The van der Waals surface area contributed by atoms with Crippen LogP contribution in [0.15, 0.2) is 102 Å². The van der Waals surface area contributed by atoms with Gasteiger partial charge in [-0.15, -0.1) is 12.4 Å². The summed E-state index contributed by atoms with van der Waals surface area (Å²) in [4.78, 5) is 27.3. The fraction of sp³-hybridized carbons (Fsp3) is 0.111. The summed E-state index contributed by atoms with van der Waals surface area (Å²) in [7, 11) is 0. The van der Waals surface area contributed by atoms with Crippen molar-refractivity contribution in [1.29, 1.82) is 0 Å². The van der Waals surface area contributed by atoms with Gasteiger partial charge >= 0.3 is 0 Å². The SMILES string of the molecule is Cc1[nH]c(=O)ccc1-c1ccc(NC(=O)[C@@H](N)C(c2ccccc2)c2ccccc2)cc1.Cl. The van der Waals surface area contributed by atoms with Gasteiger partial charge in [-0.2, -0.15) is 0 Å². The zero-order valence-corrected chi connectivity index (χ0v) is 19.0. The van der Waals surface area contributed by atoms with Crippen LogP contribution in [-0.4, -0.2) is 16.9 Å². The molecule has 1 atom stereocenters. The number of halogens is 1. The molecule has 5 nitrogen and oxygen atoms in total. The highest BCUT2D eigenvalue weighted by Crippen LogP contribution is 2.28. The number of hydrogen-bond donors (Lipinski definition) is 3. The first-order valence-corrected chi connectivity index (χ1v) is 10.5. The number of amides is 1. The van der Waals surface area contributed by atoms with Gasteiger partial charge in [0.15, 0.2) is 0 Å². The molecule has 4 N–H and O–H groups in total. The average molecular weight is 460 g/mol. The molecule has 0 saturated heterocycles. The number of nitrogens with one attached hydrogen (secondary N) is 2. The highest BCUT2D eigenvalue weighted by atomic mass is 35.5. The van der Waals surface area contributed by atoms with Crippen LogP contribution in [0.3, 0.4) is 0 Å². The second-order valence-corrected chi connectivity index (χ2v) is 7.75. The molecule has 4 aromatic rings. The van der Waals surface area contributed by atoms with E-state index < -0.39 is 6.04 Å². The zero-order valence-electron chi connectivity index (χ0n) is 18.2. The molecule has 0 spiro atoms. The predicted octanol–water partition coefficient (Wildman–Crippen LogP) is 4.87. The Balaban J connectivity index is 0.00000306. The van der Waals surface area contributed by atoms with Gasteiger partial charge in [-0.3, -0.25) is 9.59 Å². The van der Waals surface area contributed by atoms with Gasteiger partial charge < -0.3 is 16.0 Å². The van der Waals surface area contributed by atoms with Gasteiger partial charge in [0, 0.05) is 28.9 Å². The normalized spacial score (nSPS) is 11.5. The number of carbonyl (C=O) groups excluding carboxylic acids is 1. The molecule has 4 rings (SSSR count). The molecule has 0 aliphatic carbocycles. The zero-order chi connectivity index (χ0) is 22.5. The van der Waals surface area contributed by atoms with Crippen molar-refractivity contribution in [3.05, 3.63) is 124 Å². The Bertz CT molecular complexity index is 1220. The van der Waals surface area contributed by atoms with Crippen LogP contribution in [0.1, 0.15) is 22.7 Å². The van der Waals surface area contributed by atoms with Crippen LogP contribution in [-0.2, 0) is 4.79 Å². The van der Waals surface area contributed by atoms with Gasteiger partial charge in [0.25, 0.3) is 0 Å². The molecule has 0 unspecified atom stereocenters. The minimum atomic E-state index is -0.763. The first-order chi connectivity index (χ1) is 15.5. The van der Waals surface area contributed by atoms with E-state index in [2.05, 4.69) is 10.3 Å². The molecule has 0 saturated carbocycles. The third-order valence-corrected chi connectivity index (χ3v) is 5.56. The Kier molecular flexibility index (Phi) is 7.83. The first kappa shape index (κ1) is 24.0. The van der Waals surface area contributed by atoms with Gasteiger partial charge in [0.1, 0.15) is 0 Å². The average Bonchev–Trinajstić information content (AvgIpc) is 2.81. The lowest BCUT2D eigenvalue weighted by molar-refractivity contribution is -0.117. The third-order valence-electron chi connectivity index (χ3n) is 5.56. The van der Waals surface area contributed by atoms with Crippen molar-refractivity contribution in [2.75, 3.05) is 5.32 Å². The summed E-state index contributed by atoms with van der Waals surface area (Å²) >= 11 is 0. The lowest BCUT2D eigenvalue weighted by atomic mass is 9.85. The van der Waals surface area contributed by atoms with E-state index in [1.807, 2.05) is 91.9 Å². The molecule has 0 radical (unpaired) electrons. The summed E-state index contributed by atoms with van der Waals surface area (Å²) < 4.78 is 0. The molecule has 168 valence electrons. The molecule has 0 bridgehead atoms. The van der Waals surface area contributed by atoms with Crippen LogP contribution in [0.25, 0.3) is 11.1 Å². The molecule has 1 amide bonds. The maximum absolute atomic E-state index is 13.1. The lowest BCUT2D eigenvalue weighted by Crippen LogP contribution is -2.41. The van der Waals surface area contributed by atoms with Crippen molar-refractivity contribution < 1.29 is 4.79 Å². The van der Waals surface area contributed by atoms with Crippen molar-refractivity contribution >= 4 is 24.0 Å². The molecule has 33 heavy (non-hydrogen) atoms. The monoisotopic (exact) mass is 459 g/mol. The fourth-order valence-corrected chi connectivity index (χ4v) is 3.93. The molecular formula is C27H26ClN3O2. The minimum absolute atomic E-state index is 0. The number of pyridine rings is 1. The minimum Gasteiger partial charge on any atom is -0.326 e. The molecule has 0 aliphatic rings. The number of aryl methyl sites for hydroxylation is 1. The predicted molar refractivity (Wildman–Crippen MR) is 136 cm³/mol. The largest absolute Gasteiger partial charge is 0.326 e. The molecule has 1 aromatic heterocycles. The summed E-state index contributed by atoms with van der Waals surface area (Å²) in [5, 5.41) is 2.94. The standard InChI is InChI=1S/C27H25N3O2.ClH/c1-18-23(16-17-24(31)29-18)19-12-14-22(15-13-19)30-27(32)26(28)25(20-8-4-2-5-9-20)21-10-6-3-7-11-21;/h2-17,25-26H,28H2,1H3,(H,29,31)(H,30,32);1H/t26-;/m0./s1. The van der Waals surface area contributed by atoms with E-state index in [0.717, 1.165) is 27.9 Å². The summed E-state index contributed by atoms with van der Waals surface area (Å²) in [6, 6.07) is 29.7. The second-order valence-electron chi connectivity index (χ2n) is 7.75. The number of benzene rings is 3. The number of hydrogen-bond acceptors (Lipinski definition) is 3. The third kappa shape index (κ3) is 5.58. The Morgan fingerprint density at radius 2 is 1.36 bits per heavy atom. The van der Waals surface area contributed by atoms with Crippen molar-refractivity contribution in [1.82, 2.24) is 4.98 Å². The number of aromatic amines is 1. The maximum Gasteiger partial charge on any atom is 0.248 e. The van der Waals surface area contributed by atoms with E-state index in [4.69, 9.17) is 5.73 Å². The van der Waals surface area contributed by atoms with E-state index >= 15 is 0 Å². The van der Waals surface area contributed by atoms with Gasteiger partial charge in [0.05, 0.1) is 6.04 Å². The molecular weight excluding hydrogens is 434 g/mol. The van der Waals surface area contributed by atoms with Crippen molar-refractivity contribution in [3.63, 3.8) is 0 Å². The highest BCUT2D eigenvalue weighted by molar-refractivity contribution is 5.96. The van der Waals surface area contributed by atoms with E-state index in [-0.39, 0.29) is 29.8 Å². The smallest absolute Gasteiger partial charge is 0.248 e. The lowest BCUT2D eigenvalue weighted by Gasteiger charge is -2.24. The van der Waals surface area contributed by atoms with Crippen molar-refractivity contribution in [2.24, 2.45) is 5.73 Å². The van der Waals surface area contributed by atoms with Gasteiger partial charge in [-0.05, 0) is 41.8 Å². The molecule has 0 fully saturated rings. The van der Waals surface area contributed by atoms with Crippen molar-refractivity contribution in [3.8, 4) is 11.1 Å². The Labute approximate surface area is 199 Å². The van der Waals surface area contributed by atoms with E-state index in [9.17, 15) is 9.59 Å². The number of rotatable bonds is 6. The summed E-state index contributed by atoms with van der Waals surface area (Å²) in [6.07, 6.45) is 0. The van der Waals surface area contributed by atoms with Gasteiger partial charge in [-0.25, -0.2) is 0 Å². The number of H-pyrrole nitrogens is 1. The summed E-state index contributed by atoms with van der Waals surface area (Å²) in [6.45, 7) is 1.86. The Hall–Kier alpha value is -3.67. The van der Waals surface area contributed by atoms with Crippen LogP contribution < -0.4 is 16.6 Å². The van der Waals surface area contributed by atoms with Crippen LogP contribution >= 0.6 is 12.4 Å². The quantitative estimate of drug-likeness (QED) is 0.384. The first-order valence-electron chi connectivity index (χ1n) is 10.5. The maximum atomic E-state index is 13.1. The molecule has 6 heteroatoms. The Morgan fingerprint density at radius 3 is 1.88 bits per heavy atom. The van der Waals surface area contributed by atoms with Crippen LogP contribution in [0.2, 0.25) is 0 Å².